The van der Waals surface area contributed by atoms with Crippen molar-refractivity contribution in [3.63, 3.8) is 0 Å². The Balaban J connectivity index is 3.00. The van der Waals surface area contributed by atoms with E-state index in [2.05, 4.69) is 45.9 Å². The highest BCUT2D eigenvalue weighted by Gasteiger charge is 2.15. The predicted octanol–water partition coefficient (Wildman–Crippen LogP) is 2.57. The van der Waals surface area contributed by atoms with Gasteiger partial charge in [-0.1, -0.05) is 20.3 Å². The van der Waals surface area contributed by atoms with Crippen LogP contribution in [-0.4, -0.2) is 41.2 Å². The van der Waals surface area contributed by atoms with E-state index in [9.17, 15) is 0 Å². The van der Waals surface area contributed by atoms with Crippen molar-refractivity contribution in [2.75, 3.05) is 30.4 Å². The Morgan fingerprint density at radius 1 is 1.15 bits per heavy atom. The molecule has 0 aliphatic carbocycles. The highest BCUT2D eigenvalue weighted by molar-refractivity contribution is 5.38. The number of hydrogen-bond donors (Lipinski definition) is 1. The van der Waals surface area contributed by atoms with Crippen molar-refractivity contribution in [2.45, 2.75) is 47.1 Å². The first kappa shape index (κ1) is 16.5. The monoisotopic (exact) mass is 281 g/mol. The maximum atomic E-state index is 5.59. The van der Waals surface area contributed by atoms with Gasteiger partial charge in [-0.05, 0) is 26.7 Å². The predicted molar refractivity (Wildman–Crippen MR) is 82.5 cm³/mol. The van der Waals surface area contributed by atoms with Crippen molar-refractivity contribution >= 4 is 11.9 Å². The van der Waals surface area contributed by atoms with Gasteiger partial charge in [0, 0.05) is 20.1 Å². The molecule has 1 aromatic heterocycles. The van der Waals surface area contributed by atoms with Gasteiger partial charge >= 0.3 is 6.01 Å². The Labute approximate surface area is 122 Å². The van der Waals surface area contributed by atoms with E-state index in [-0.39, 0.29) is 6.10 Å². The summed E-state index contributed by atoms with van der Waals surface area (Å²) in [6.45, 7) is 12.2. The number of nitrogens with one attached hydrogen (secondary N) is 1. The number of hydrogen-bond acceptors (Lipinski definition) is 6. The van der Waals surface area contributed by atoms with Gasteiger partial charge < -0.3 is 15.0 Å². The summed E-state index contributed by atoms with van der Waals surface area (Å²) in [5.41, 5.74) is 0. The van der Waals surface area contributed by atoms with Gasteiger partial charge in [0.15, 0.2) is 0 Å². The highest BCUT2D eigenvalue weighted by atomic mass is 16.5. The Morgan fingerprint density at radius 3 is 2.35 bits per heavy atom. The van der Waals surface area contributed by atoms with Gasteiger partial charge in [-0.3, -0.25) is 0 Å². The second-order valence-electron chi connectivity index (χ2n) is 5.21. The van der Waals surface area contributed by atoms with Crippen molar-refractivity contribution in [1.29, 1.82) is 0 Å². The zero-order valence-corrected chi connectivity index (χ0v) is 13.5. The van der Waals surface area contributed by atoms with Crippen LogP contribution < -0.4 is 15.0 Å². The Morgan fingerprint density at radius 2 is 1.85 bits per heavy atom. The molecule has 0 saturated heterocycles. The lowest BCUT2D eigenvalue weighted by Crippen LogP contribution is -2.30. The summed E-state index contributed by atoms with van der Waals surface area (Å²) in [5.74, 6) is 1.80. The molecule has 0 spiro atoms. The molecule has 0 aliphatic heterocycles. The Kier molecular flexibility index (Phi) is 6.48. The van der Waals surface area contributed by atoms with Crippen LogP contribution in [0.2, 0.25) is 0 Å². The van der Waals surface area contributed by atoms with Crippen molar-refractivity contribution in [2.24, 2.45) is 5.92 Å². The van der Waals surface area contributed by atoms with Crippen LogP contribution in [0, 0.1) is 5.92 Å². The lowest BCUT2D eigenvalue weighted by molar-refractivity contribution is 0.222. The van der Waals surface area contributed by atoms with E-state index in [1.807, 2.05) is 13.8 Å². The molecule has 6 heteroatoms. The van der Waals surface area contributed by atoms with Crippen LogP contribution in [0.25, 0.3) is 0 Å². The van der Waals surface area contributed by atoms with Gasteiger partial charge in [-0.25, -0.2) is 0 Å². The van der Waals surface area contributed by atoms with E-state index in [1.165, 1.54) is 0 Å². The first-order valence-electron chi connectivity index (χ1n) is 7.35. The first-order valence-corrected chi connectivity index (χ1v) is 7.35. The molecule has 1 atom stereocenters. The van der Waals surface area contributed by atoms with Crippen molar-refractivity contribution in [3.05, 3.63) is 0 Å². The second-order valence-corrected chi connectivity index (χ2v) is 5.21. The quantitative estimate of drug-likeness (QED) is 0.790. The minimum atomic E-state index is 0.0413. The number of aromatic nitrogens is 3. The fraction of sp³-hybridized carbons (Fsp3) is 0.786. The number of ether oxygens (including phenoxy) is 1. The molecule has 1 rings (SSSR count). The Hall–Kier alpha value is -1.59. The van der Waals surface area contributed by atoms with E-state index in [0.717, 1.165) is 19.5 Å². The molecular formula is C14H27N5O. The van der Waals surface area contributed by atoms with Crippen LogP contribution in [0.1, 0.15) is 41.0 Å². The van der Waals surface area contributed by atoms with E-state index in [4.69, 9.17) is 4.74 Å². The largest absolute Gasteiger partial charge is 0.461 e. The van der Waals surface area contributed by atoms with E-state index in [0.29, 0.717) is 23.8 Å². The minimum Gasteiger partial charge on any atom is -0.461 e. The third-order valence-electron chi connectivity index (χ3n) is 3.06. The molecule has 0 amide bonds. The SMILES string of the molecule is CCC(C)CN(CC)c1nc(NC)nc(OC(C)C)n1. The summed E-state index contributed by atoms with van der Waals surface area (Å²) in [6.07, 6.45) is 1.18. The third-order valence-corrected chi connectivity index (χ3v) is 3.06. The first-order chi connectivity index (χ1) is 9.49. The lowest BCUT2D eigenvalue weighted by Gasteiger charge is -2.24. The maximum absolute atomic E-state index is 5.59. The molecule has 0 fully saturated rings. The third kappa shape index (κ3) is 4.83. The molecule has 6 nitrogen and oxygen atoms in total. The zero-order chi connectivity index (χ0) is 15.1. The summed E-state index contributed by atoms with van der Waals surface area (Å²) in [7, 11) is 1.79. The number of anilines is 2. The summed E-state index contributed by atoms with van der Waals surface area (Å²) in [6, 6.07) is 0.372. The fourth-order valence-corrected chi connectivity index (χ4v) is 1.72. The van der Waals surface area contributed by atoms with Gasteiger partial charge in [0.1, 0.15) is 0 Å². The van der Waals surface area contributed by atoms with Crippen LogP contribution in [-0.2, 0) is 0 Å². The van der Waals surface area contributed by atoms with Gasteiger partial charge in [0.25, 0.3) is 0 Å². The van der Waals surface area contributed by atoms with Crippen LogP contribution in [0.4, 0.5) is 11.9 Å². The molecule has 1 aromatic rings. The zero-order valence-electron chi connectivity index (χ0n) is 13.5. The van der Waals surface area contributed by atoms with E-state index in [1.54, 1.807) is 7.05 Å². The smallest absolute Gasteiger partial charge is 0.323 e. The molecular weight excluding hydrogens is 254 g/mol. The second kappa shape index (κ2) is 7.87. The van der Waals surface area contributed by atoms with Crippen LogP contribution >= 0.6 is 0 Å². The molecule has 1 heterocycles. The van der Waals surface area contributed by atoms with Gasteiger partial charge in [0.05, 0.1) is 6.10 Å². The van der Waals surface area contributed by atoms with Crippen LogP contribution in [0.5, 0.6) is 6.01 Å². The van der Waals surface area contributed by atoms with Crippen molar-refractivity contribution in [1.82, 2.24) is 15.0 Å². The van der Waals surface area contributed by atoms with Gasteiger partial charge in [0.2, 0.25) is 11.9 Å². The standard InChI is InChI=1S/C14H27N5O/c1-7-11(5)9-19(8-2)13-16-12(15-6)17-14(18-13)20-10(3)4/h10-11H,7-9H2,1-6H3,(H,15,16,17,18). The number of nitrogens with zero attached hydrogens (tertiary/aromatic N) is 4. The molecule has 114 valence electrons. The van der Waals surface area contributed by atoms with Crippen LogP contribution in [0.15, 0.2) is 0 Å². The summed E-state index contributed by atoms with van der Waals surface area (Å²) in [5, 5.41) is 2.96. The molecule has 0 saturated carbocycles. The molecule has 20 heavy (non-hydrogen) atoms. The average Bonchev–Trinajstić information content (AvgIpc) is 2.43. The minimum absolute atomic E-state index is 0.0413. The van der Waals surface area contributed by atoms with Gasteiger partial charge in [-0.15, -0.1) is 0 Å². The summed E-state index contributed by atoms with van der Waals surface area (Å²) >= 11 is 0. The van der Waals surface area contributed by atoms with E-state index >= 15 is 0 Å². The molecule has 0 bridgehead atoms. The van der Waals surface area contributed by atoms with Crippen LogP contribution in [0.3, 0.4) is 0 Å². The highest BCUT2D eigenvalue weighted by Crippen LogP contribution is 2.17. The molecule has 1 N–H and O–H groups in total. The topological polar surface area (TPSA) is 63.2 Å². The number of rotatable bonds is 8. The van der Waals surface area contributed by atoms with E-state index < -0.39 is 0 Å². The van der Waals surface area contributed by atoms with Crippen molar-refractivity contribution < 1.29 is 4.74 Å². The Bertz CT molecular complexity index is 411. The fourth-order valence-electron chi connectivity index (χ4n) is 1.72. The molecule has 0 aliphatic rings. The van der Waals surface area contributed by atoms with Gasteiger partial charge in [-0.2, -0.15) is 15.0 Å². The molecule has 1 unspecified atom stereocenters. The maximum Gasteiger partial charge on any atom is 0.323 e. The summed E-state index contributed by atoms with van der Waals surface area (Å²) < 4.78 is 5.59. The summed E-state index contributed by atoms with van der Waals surface area (Å²) in [4.78, 5) is 15.2. The normalized spacial score (nSPS) is 12.3. The van der Waals surface area contributed by atoms with Crippen molar-refractivity contribution in [3.8, 4) is 6.01 Å². The molecule has 0 radical (unpaired) electrons. The lowest BCUT2D eigenvalue weighted by atomic mass is 10.1. The average molecular weight is 281 g/mol. The molecule has 0 aromatic carbocycles.